The van der Waals surface area contributed by atoms with E-state index >= 15 is 0 Å². The van der Waals surface area contributed by atoms with Gasteiger partial charge in [0, 0.05) is 11.1 Å². The van der Waals surface area contributed by atoms with Gasteiger partial charge in [0.25, 0.3) is 0 Å². The van der Waals surface area contributed by atoms with E-state index in [4.69, 9.17) is 34.0 Å². The van der Waals surface area contributed by atoms with Crippen LogP contribution >= 0.6 is 23.2 Å². The van der Waals surface area contributed by atoms with Crippen LogP contribution in [0.3, 0.4) is 0 Å². The molecule has 2 nitrogen and oxygen atoms in total. The van der Waals surface area contributed by atoms with Crippen molar-refractivity contribution in [2.75, 3.05) is 6.61 Å². The second-order valence-corrected chi connectivity index (χ2v) is 3.82. The van der Waals surface area contributed by atoms with Crippen LogP contribution in [-0.4, -0.2) is 17.8 Å². The number of rotatable bonds is 3. The quantitative estimate of drug-likeness (QED) is 0.791. The summed E-state index contributed by atoms with van der Waals surface area (Å²) in [5, 5.41) is 9.07. The van der Waals surface area contributed by atoms with Crippen LogP contribution in [-0.2, 0) is 6.42 Å². The predicted molar refractivity (Wildman–Crippen MR) is 55.2 cm³/mol. The molecular formula is C9H10Cl2FNO. The summed E-state index contributed by atoms with van der Waals surface area (Å²) in [6, 6.07) is 2.13. The molecule has 1 aromatic rings. The lowest BCUT2D eigenvalue weighted by atomic mass is 10.1. The minimum absolute atomic E-state index is 0.0173. The van der Waals surface area contributed by atoms with Gasteiger partial charge in [-0.05, 0) is 24.1 Å². The van der Waals surface area contributed by atoms with Gasteiger partial charge in [0.2, 0.25) is 0 Å². The van der Waals surface area contributed by atoms with Crippen LogP contribution < -0.4 is 5.73 Å². The number of nitrogens with two attached hydrogens (primary N) is 1. The first kappa shape index (κ1) is 11.7. The van der Waals surface area contributed by atoms with E-state index in [1.807, 2.05) is 0 Å². The molecule has 3 N–H and O–H groups in total. The third-order valence-corrected chi connectivity index (χ3v) is 2.45. The third kappa shape index (κ3) is 2.82. The van der Waals surface area contributed by atoms with Gasteiger partial charge in [-0.15, -0.1) is 0 Å². The fraction of sp³-hybridized carbons (Fsp3) is 0.333. The van der Waals surface area contributed by atoms with Crippen LogP contribution in [0.5, 0.6) is 0 Å². The van der Waals surface area contributed by atoms with Crippen LogP contribution in [0.25, 0.3) is 0 Å². The summed E-state index contributed by atoms with van der Waals surface area (Å²) in [6.45, 7) is -0.166. The van der Waals surface area contributed by atoms with Gasteiger partial charge in [-0.25, -0.2) is 4.39 Å². The molecule has 0 saturated carbocycles. The number of aliphatic hydroxyl groups excluding tert-OH is 1. The van der Waals surface area contributed by atoms with Crippen molar-refractivity contribution in [1.29, 1.82) is 0 Å². The number of hydrogen-bond donors (Lipinski definition) is 2. The summed E-state index contributed by atoms with van der Waals surface area (Å²) in [7, 11) is 0. The molecule has 78 valence electrons. The summed E-state index contributed by atoms with van der Waals surface area (Å²) >= 11 is 11.3. The number of benzene rings is 1. The summed E-state index contributed by atoms with van der Waals surface area (Å²) in [5.41, 5.74) is 6.05. The van der Waals surface area contributed by atoms with Crippen molar-refractivity contribution in [3.63, 3.8) is 0 Å². The van der Waals surface area contributed by atoms with Crippen LogP contribution in [0.15, 0.2) is 12.1 Å². The van der Waals surface area contributed by atoms with Crippen LogP contribution in [0.4, 0.5) is 4.39 Å². The van der Waals surface area contributed by atoms with Crippen molar-refractivity contribution < 1.29 is 9.50 Å². The van der Waals surface area contributed by atoms with E-state index < -0.39 is 11.9 Å². The molecule has 0 amide bonds. The minimum atomic E-state index is -0.531. The average molecular weight is 238 g/mol. The standard InChI is InChI=1S/C9H10Cl2FNO/c10-7-3-8(11)9(12)2-5(7)1-6(13)4-14/h2-3,6,14H,1,4,13H2. The van der Waals surface area contributed by atoms with E-state index in [2.05, 4.69) is 0 Å². The van der Waals surface area contributed by atoms with Crippen molar-refractivity contribution in [2.24, 2.45) is 5.73 Å². The summed E-state index contributed by atoms with van der Waals surface area (Å²) in [6.07, 6.45) is 0.323. The van der Waals surface area contributed by atoms with Crippen LogP contribution in [0.2, 0.25) is 10.0 Å². The fourth-order valence-electron chi connectivity index (χ4n) is 1.07. The van der Waals surface area contributed by atoms with Crippen molar-refractivity contribution in [3.05, 3.63) is 33.6 Å². The van der Waals surface area contributed by atoms with Gasteiger partial charge >= 0.3 is 0 Å². The van der Waals surface area contributed by atoms with Gasteiger partial charge in [0.1, 0.15) is 5.82 Å². The Morgan fingerprint density at radius 1 is 1.36 bits per heavy atom. The van der Waals surface area contributed by atoms with Gasteiger partial charge in [-0.2, -0.15) is 0 Å². The molecular weight excluding hydrogens is 228 g/mol. The Labute approximate surface area is 91.4 Å². The zero-order valence-electron chi connectivity index (χ0n) is 7.30. The topological polar surface area (TPSA) is 46.2 Å². The Hall–Kier alpha value is -0.350. The van der Waals surface area contributed by atoms with Gasteiger partial charge in [-0.1, -0.05) is 23.2 Å². The fourth-order valence-corrected chi connectivity index (χ4v) is 1.53. The van der Waals surface area contributed by atoms with Crippen LogP contribution in [0, 0.1) is 5.82 Å². The SMILES string of the molecule is NC(CO)Cc1cc(F)c(Cl)cc1Cl. The monoisotopic (exact) mass is 237 g/mol. The highest BCUT2D eigenvalue weighted by molar-refractivity contribution is 6.35. The maximum atomic E-state index is 13.0. The van der Waals surface area contributed by atoms with Crippen molar-refractivity contribution in [1.82, 2.24) is 0 Å². The molecule has 1 unspecified atom stereocenters. The maximum absolute atomic E-state index is 13.0. The van der Waals surface area contributed by atoms with E-state index in [1.54, 1.807) is 0 Å². The molecule has 0 bridgehead atoms. The Bertz CT molecular complexity index is 333. The van der Waals surface area contributed by atoms with E-state index in [0.29, 0.717) is 17.0 Å². The summed E-state index contributed by atoms with van der Waals surface area (Å²) in [5.74, 6) is -0.531. The van der Waals surface area contributed by atoms with Gasteiger partial charge in [0.05, 0.1) is 11.6 Å². The van der Waals surface area contributed by atoms with Gasteiger partial charge in [0.15, 0.2) is 0 Å². The van der Waals surface area contributed by atoms with Gasteiger partial charge < -0.3 is 10.8 Å². The lowest BCUT2D eigenvalue weighted by molar-refractivity contribution is 0.265. The van der Waals surface area contributed by atoms with Crippen LogP contribution in [0.1, 0.15) is 5.56 Å². The normalized spacial score (nSPS) is 12.9. The Morgan fingerprint density at radius 3 is 2.57 bits per heavy atom. The number of halogens is 3. The zero-order valence-corrected chi connectivity index (χ0v) is 8.82. The smallest absolute Gasteiger partial charge is 0.142 e. The van der Waals surface area contributed by atoms with Crippen molar-refractivity contribution in [2.45, 2.75) is 12.5 Å². The number of hydrogen-bond acceptors (Lipinski definition) is 2. The molecule has 0 aromatic heterocycles. The lowest BCUT2D eigenvalue weighted by Gasteiger charge is -2.10. The van der Waals surface area contributed by atoms with E-state index in [0.717, 1.165) is 0 Å². The molecule has 0 aliphatic rings. The highest BCUT2D eigenvalue weighted by Crippen LogP contribution is 2.24. The second-order valence-electron chi connectivity index (χ2n) is 3.00. The van der Waals surface area contributed by atoms with E-state index in [9.17, 15) is 4.39 Å². The van der Waals surface area contributed by atoms with Crippen molar-refractivity contribution >= 4 is 23.2 Å². The molecule has 1 aromatic carbocycles. The molecule has 0 spiro atoms. The molecule has 0 saturated heterocycles. The first-order valence-electron chi connectivity index (χ1n) is 4.04. The highest BCUT2D eigenvalue weighted by atomic mass is 35.5. The molecule has 1 atom stereocenters. The van der Waals surface area contributed by atoms with Crippen molar-refractivity contribution in [3.8, 4) is 0 Å². The predicted octanol–water partition coefficient (Wildman–Crippen LogP) is 1.99. The second kappa shape index (κ2) is 4.94. The summed E-state index contributed by atoms with van der Waals surface area (Å²) in [4.78, 5) is 0. The first-order valence-corrected chi connectivity index (χ1v) is 4.80. The minimum Gasteiger partial charge on any atom is -0.395 e. The molecule has 0 aliphatic heterocycles. The molecule has 1 rings (SSSR count). The van der Waals surface area contributed by atoms with E-state index in [1.165, 1.54) is 12.1 Å². The summed E-state index contributed by atoms with van der Waals surface area (Å²) < 4.78 is 13.0. The largest absolute Gasteiger partial charge is 0.395 e. The zero-order chi connectivity index (χ0) is 10.7. The van der Waals surface area contributed by atoms with E-state index in [-0.39, 0.29) is 11.6 Å². The van der Waals surface area contributed by atoms with Gasteiger partial charge in [-0.3, -0.25) is 0 Å². The molecule has 0 fully saturated rings. The Morgan fingerprint density at radius 2 is 2.00 bits per heavy atom. The third-order valence-electron chi connectivity index (χ3n) is 1.81. The molecule has 5 heteroatoms. The Kier molecular flexibility index (Phi) is 4.13. The molecule has 0 heterocycles. The first-order chi connectivity index (χ1) is 6.54. The average Bonchev–Trinajstić information content (AvgIpc) is 2.14. The highest BCUT2D eigenvalue weighted by Gasteiger charge is 2.10. The molecule has 0 radical (unpaired) electrons. The number of aliphatic hydroxyl groups is 1. The Balaban J connectivity index is 2.92. The molecule has 0 aliphatic carbocycles. The maximum Gasteiger partial charge on any atom is 0.142 e. The molecule has 14 heavy (non-hydrogen) atoms. The lowest BCUT2D eigenvalue weighted by Crippen LogP contribution is -2.27.